The van der Waals surface area contributed by atoms with Crippen LogP contribution in [0.5, 0.6) is 0 Å². The first kappa shape index (κ1) is 62.3. The molecular weight excluding hydrogens is 915 g/mol. The number of rotatable bonds is 36. The van der Waals surface area contributed by atoms with Crippen LogP contribution in [0.2, 0.25) is 0 Å². The number of nitrogens with one attached hydrogen (secondary N) is 1. The van der Waals surface area contributed by atoms with Gasteiger partial charge in [0.2, 0.25) is 5.91 Å². The molecular formula is C51H91NO18. The zero-order valence-electron chi connectivity index (χ0n) is 41.7. The van der Waals surface area contributed by atoms with Crippen molar-refractivity contribution in [2.75, 3.05) is 26.4 Å². The lowest BCUT2D eigenvalue weighted by Crippen LogP contribution is -2.66. The molecule has 0 aromatic heterocycles. The van der Waals surface area contributed by atoms with Crippen molar-refractivity contribution in [3.8, 4) is 0 Å². The quantitative estimate of drug-likeness (QED) is 0.0316. The zero-order chi connectivity index (χ0) is 51.3. The van der Waals surface area contributed by atoms with Gasteiger partial charge in [-0.25, -0.2) is 0 Å². The Morgan fingerprint density at radius 1 is 0.500 bits per heavy atom. The number of unbranched alkanes of at least 4 members (excludes halogenated alkanes) is 16. The lowest BCUT2D eigenvalue weighted by Gasteiger charge is -2.48. The number of carbonyl (C=O) groups excluding carboxylic acids is 1. The van der Waals surface area contributed by atoms with Gasteiger partial charge in [0, 0.05) is 6.42 Å². The molecule has 19 heteroatoms. The number of aliphatic hydroxyl groups excluding tert-OH is 11. The lowest BCUT2D eigenvalue weighted by molar-refractivity contribution is -0.379. The van der Waals surface area contributed by atoms with Gasteiger partial charge in [0.05, 0.1) is 38.6 Å². The molecule has 3 rings (SSSR count). The molecule has 0 saturated carbocycles. The minimum atomic E-state index is -1.98. The summed E-state index contributed by atoms with van der Waals surface area (Å²) >= 11 is 0. The van der Waals surface area contributed by atoms with E-state index in [1.54, 1.807) is 6.08 Å². The van der Waals surface area contributed by atoms with Crippen molar-refractivity contribution >= 4 is 5.91 Å². The normalized spacial score (nSPS) is 32.8. The van der Waals surface area contributed by atoms with Crippen molar-refractivity contribution in [3.05, 3.63) is 36.5 Å². The van der Waals surface area contributed by atoms with Gasteiger partial charge < -0.3 is 89.9 Å². The Balaban J connectivity index is 1.57. The summed E-state index contributed by atoms with van der Waals surface area (Å²) in [7, 11) is 0. The second kappa shape index (κ2) is 36.0. The molecule has 70 heavy (non-hydrogen) atoms. The number of hydrogen-bond acceptors (Lipinski definition) is 18. The average molecular weight is 1010 g/mol. The Morgan fingerprint density at radius 3 is 1.43 bits per heavy atom. The fourth-order valence-electron chi connectivity index (χ4n) is 8.73. The average Bonchev–Trinajstić information content (AvgIpc) is 3.35. The zero-order valence-corrected chi connectivity index (χ0v) is 41.7. The molecule has 17 atom stereocenters. The van der Waals surface area contributed by atoms with Crippen LogP contribution in [0.15, 0.2) is 36.5 Å². The summed E-state index contributed by atoms with van der Waals surface area (Å²) in [4.78, 5) is 13.2. The van der Waals surface area contributed by atoms with Crippen molar-refractivity contribution < 1.29 is 89.4 Å². The van der Waals surface area contributed by atoms with Crippen LogP contribution in [0, 0.1) is 0 Å². The SMILES string of the molecule is CCCCCCC/C=C\CCCCCCCC(=O)NC(COC1OC(CO)C(OC2OC(CO)C(OC3OC(CO)C(O)C(O)C3O)C(O)C2O)C(O)C1O)C(O)/C=C/CC/C=C/CCCCCCC. The van der Waals surface area contributed by atoms with E-state index in [-0.39, 0.29) is 18.9 Å². The third-order valence-corrected chi connectivity index (χ3v) is 13.2. The molecule has 3 aliphatic rings. The molecule has 0 radical (unpaired) electrons. The number of ether oxygens (including phenoxy) is 6. The van der Waals surface area contributed by atoms with Gasteiger partial charge in [-0.05, 0) is 57.8 Å². The van der Waals surface area contributed by atoms with E-state index >= 15 is 0 Å². The third kappa shape index (κ3) is 21.5. The molecule has 1 amide bonds. The van der Waals surface area contributed by atoms with E-state index in [1.807, 2.05) is 6.08 Å². The minimum absolute atomic E-state index is 0.225. The van der Waals surface area contributed by atoms with E-state index in [2.05, 4.69) is 43.5 Å². The summed E-state index contributed by atoms with van der Waals surface area (Å²) in [6, 6.07) is -0.990. The monoisotopic (exact) mass is 1010 g/mol. The lowest BCUT2D eigenvalue weighted by atomic mass is 9.96. The van der Waals surface area contributed by atoms with E-state index in [0.29, 0.717) is 12.8 Å². The third-order valence-electron chi connectivity index (χ3n) is 13.2. The largest absolute Gasteiger partial charge is 0.394 e. The summed E-state index contributed by atoms with van der Waals surface area (Å²) in [5.41, 5.74) is 0. The molecule has 3 heterocycles. The van der Waals surface area contributed by atoms with Crippen LogP contribution in [-0.4, -0.2) is 193 Å². The standard InChI is InChI=1S/C51H91NO18/c1-3-5-7-9-11-13-15-16-17-19-21-23-25-27-29-39(57)52-34(35(56)28-26-24-22-20-18-14-12-10-8-6-4-2)33-65-49-45(63)42(60)47(37(31-54)67-49)70-51-46(64)43(61)48(38(32-55)68-51)69-50-44(62)41(59)40(58)36(30-53)66-50/h15-16,18,20,26,28,34-38,40-51,53-56,58-64H,3-14,17,19,21-25,27,29-33H2,1-2H3,(H,52,57)/b16-15-,20-18+,28-26+. The highest BCUT2D eigenvalue weighted by atomic mass is 16.8. The maximum Gasteiger partial charge on any atom is 0.220 e. The van der Waals surface area contributed by atoms with Crippen molar-refractivity contribution in [3.63, 3.8) is 0 Å². The molecule has 0 aromatic carbocycles. The summed E-state index contributed by atoms with van der Waals surface area (Å²) in [5.74, 6) is -0.299. The van der Waals surface area contributed by atoms with Crippen molar-refractivity contribution in [2.45, 2.75) is 253 Å². The summed E-state index contributed by atoms with van der Waals surface area (Å²) < 4.78 is 34.1. The highest BCUT2D eigenvalue weighted by Gasteiger charge is 2.53. The van der Waals surface area contributed by atoms with Gasteiger partial charge in [-0.2, -0.15) is 0 Å². The Bertz CT molecular complexity index is 1440. The molecule has 0 aromatic rings. The predicted octanol–water partition coefficient (Wildman–Crippen LogP) is 2.20. The number of carbonyl (C=O) groups is 1. The Labute approximate surface area is 415 Å². The van der Waals surface area contributed by atoms with E-state index in [0.717, 1.165) is 57.8 Å². The van der Waals surface area contributed by atoms with Crippen LogP contribution in [0.1, 0.15) is 149 Å². The van der Waals surface area contributed by atoms with Gasteiger partial charge in [0.1, 0.15) is 73.2 Å². The molecule has 17 unspecified atom stereocenters. The molecule has 0 spiro atoms. The first-order valence-electron chi connectivity index (χ1n) is 26.2. The van der Waals surface area contributed by atoms with E-state index in [4.69, 9.17) is 28.4 Å². The fraction of sp³-hybridized carbons (Fsp3) is 0.863. The summed E-state index contributed by atoms with van der Waals surface area (Å²) in [5, 5.41) is 119. The van der Waals surface area contributed by atoms with Gasteiger partial charge >= 0.3 is 0 Å². The molecule has 408 valence electrons. The molecule has 12 N–H and O–H groups in total. The van der Waals surface area contributed by atoms with E-state index < -0.39 is 124 Å². The fourth-order valence-corrected chi connectivity index (χ4v) is 8.73. The number of hydrogen-bond donors (Lipinski definition) is 12. The Morgan fingerprint density at radius 2 is 0.914 bits per heavy atom. The van der Waals surface area contributed by atoms with Gasteiger partial charge in [-0.15, -0.1) is 0 Å². The molecule has 3 fully saturated rings. The molecule has 19 nitrogen and oxygen atoms in total. The Kier molecular flexibility index (Phi) is 32.1. The number of amides is 1. The summed E-state index contributed by atoms with van der Waals surface area (Å²) in [6.45, 7) is 1.61. The topological polar surface area (TPSA) is 307 Å². The number of allylic oxidation sites excluding steroid dienone is 5. The van der Waals surface area contributed by atoms with Crippen molar-refractivity contribution in [2.24, 2.45) is 0 Å². The molecule has 0 bridgehead atoms. The van der Waals surface area contributed by atoms with E-state index in [9.17, 15) is 61.0 Å². The van der Waals surface area contributed by atoms with Crippen LogP contribution in [-0.2, 0) is 33.2 Å². The molecule has 3 aliphatic heterocycles. The minimum Gasteiger partial charge on any atom is -0.394 e. The maximum atomic E-state index is 13.2. The summed E-state index contributed by atoms with van der Waals surface area (Å²) in [6.07, 6.45) is 7.26. The van der Waals surface area contributed by atoms with Crippen LogP contribution in [0.25, 0.3) is 0 Å². The Hall–Kier alpha value is -1.99. The number of aliphatic hydroxyl groups is 11. The van der Waals surface area contributed by atoms with Gasteiger partial charge in [0.15, 0.2) is 18.9 Å². The molecule has 3 saturated heterocycles. The van der Waals surface area contributed by atoms with Gasteiger partial charge in [-0.3, -0.25) is 4.79 Å². The molecule has 0 aliphatic carbocycles. The van der Waals surface area contributed by atoms with Crippen LogP contribution >= 0.6 is 0 Å². The van der Waals surface area contributed by atoms with Gasteiger partial charge in [0.25, 0.3) is 0 Å². The second-order valence-electron chi connectivity index (χ2n) is 19.0. The van der Waals surface area contributed by atoms with Gasteiger partial charge in [-0.1, -0.05) is 121 Å². The van der Waals surface area contributed by atoms with Crippen LogP contribution < -0.4 is 5.32 Å². The second-order valence-corrected chi connectivity index (χ2v) is 19.0. The first-order valence-corrected chi connectivity index (χ1v) is 26.2. The van der Waals surface area contributed by atoms with Crippen molar-refractivity contribution in [1.29, 1.82) is 0 Å². The van der Waals surface area contributed by atoms with Crippen LogP contribution in [0.4, 0.5) is 0 Å². The van der Waals surface area contributed by atoms with Crippen molar-refractivity contribution in [1.82, 2.24) is 5.32 Å². The first-order chi connectivity index (χ1) is 33.8. The van der Waals surface area contributed by atoms with Crippen LogP contribution in [0.3, 0.4) is 0 Å². The highest BCUT2D eigenvalue weighted by molar-refractivity contribution is 5.76. The maximum absolute atomic E-state index is 13.2. The highest BCUT2D eigenvalue weighted by Crippen LogP contribution is 2.33. The smallest absolute Gasteiger partial charge is 0.220 e. The predicted molar refractivity (Wildman–Crippen MR) is 259 cm³/mol. The van der Waals surface area contributed by atoms with E-state index in [1.165, 1.54) is 57.8 Å².